The first-order valence-electron chi connectivity index (χ1n) is 12.7. The van der Waals surface area contributed by atoms with Crippen molar-refractivity contribution in [3.8, 4) is 11.1 Å². The number of hydrogen-bond donors (Lipinski definition) is 0. The topological polar surface area (TPSA) is 83.8 Å². The summed E-state index contributed by atoms with van der Waals surface area (Å²) in [6.45, 7) is 1.64. The Labute approximate surface area is 223 Å². The Morgan fingerprint density at radius 3 is 1.79 bits per heavy atom. The van der Waals surface area contributed by atoms with E-state index in [-0.39, 0.29) is 28.3 Å². The Bertz CT molecular complexity index is 1430. The second-order valence-electron chi connectivity index (χ2n) is 10.2. The molecule has 10 heteroatoms. The fourth-order valence-electron chi connectivity index (χ4n) is 5.59. The van der Waals surface area contributed by atoms with Crippen LogP contribution in [0.3, 0.4) is 0 Å². The van der Waals surface area contributed by atoms with Crippen LogP contribution in [0.5, 0.6) is 0 Å². The van der Waals surface area contributed by atoms with E-state index in [9.17, 15) is 32.9 Å². The molecule has 2 amide bonds. The van der Waals surface area contributed by atoms with Gasteiger partial charge in [0.05, 0.1) is 10.5 Å². The second kappa shape index (κ2) is 10.5. The fourth-order valence-corrected chi connectivity index (χ4v) is 5.59. The van der Waals surface area contributed by atoms with E-state index in [4.69, 9.17) is 0 Å². The van der Waals surface area contributed by atoms with E-state index in [1.807, 2.05) is 0 Å². The number of likely N-dealkylation sites (tertiary alicyclic amines) is 2. The van der Waals surface area contributed by atoms with Crippen molar-refractivity contribution in [2.24, 2.45) is 5.41 Å². The molecule has 0 aliphatic carbocycles. The molecule has 5 rings (SSSR count). The number of nitro groups is 1. The van der Waals surface area contributed by atoms with Gasteiger partial charge >= 0.3 is 5.69 Å². The standard InChI is InChI=1S/C29H26F3N3O4/c30-21-7-4-19(5-8-21)20-6-9-22(25(32)18-20)27(36)33-14-10-29(11-15-33)12-16-34(17-13-29)28(37)23-2-1-3-24(31)26(23)35(38)39/h1-9,18H,10-17H2. The molecule has 39 heavy (non-hydrogen) atoms. The summed E-state index contributed by atoms with van der Waals surface area (Å²) in [5.41, 5.74) is 0.00901. The Morgan fingerprint density at radius 1 is 0.718 bits per heavy atom. The second-order valence-corrected chi connectivity index (χ2v) is 10.2. The third-order valence-electron chi connectivity index (χ3n) is 8.00. The van der Waals surface area contributed by atoms with Gasteiger partial charge in [-0.3, -0.25) is 19.7 Å². The average Bonchev–Trinajstić information content (AvgIpc) is 2.93. The van der Waals surface area contributed by atoms with E-state index in [0.717, 1.165) is 6.07 Å². The van der Waals surface area contributed by atoms with Crippen LogP contribution in [0.25, 0.3) is 11.1 Å². The minimum absolute atomic E-state index is 0.0195. The molecular formula is C29H26F3N3O4. The highest BCUT2D eigenvalue weighted by molar-refractivity contribution is 5.98. The number of piperidine rings is 2. The number of carbonyl (C=O) groups is 2. The first-order chi connectivity index (χ1) is 18.7. The lowest BCUT2D eigenvalue weighted by atomic mass is 9.71. The number of para-hydroxylation sites is 1. The van der Waals surface area contributed by atoms with E-state index < -0.39 is 28.2 Å². The summed E-state index contributed by atoms with van der Waals surface area (Å²) in [6.07, 6.45) is 2.70. The summed E-state index contributed by atoms with van der Waals surface area (Å²) in [6, 6.07) is 13.6. The number of hydrogen-bond acceptors (Lipinski definition) is 4. The molecule has 1 spiro atoms. The molecule has 0 aromatic heterocycles. The zero-order valence-corrected chi connectivity index (χ0v) is 21.0. The van der Waals surface area contributed by atoms with Crippen molar-refractivity contribution in [3.63, 3.8) is 0 Å². The van der Waals surface area contributed by atoms with Crippen molar-refractivity contribution in [1.82, 2.24) is 9.80 Å². The maximum atomic E-state index is 14.9. The van der Waals surface area contributed by atoms with Crippen molar-refractivity contribution in [2.75, 3.05) is 26.2 Å². The van der Waals surface area contributed by atoms with Gasteiger partial charge in [0.1, 0.15) is 17.2 Å². The largest absolute Gasteiger partial charge is 0.339 e. The quantitative estimate of drug-likeness (QED) is 0.309. The third-order valence-corrected chi connectivity index (χ3v) is 8.00. The highest BCUT2D eigenvalue weighted by atomic mass is 19.1. The van der Waals surface area contributed by atoms with Crippen molar-refractivity contribution >= 4 is 17.5 Å². The van der Waals surface area contributed by atoms with Crippen LogP contribution in [0, 0.1) is 33.0 Å². The van der Waals surface area contributed by atoms with Crippen molar-refractivity contribution in [1.29, 1.82) is 0 Å². The lowest BCUT2D eigenvalue weighted by Gasteiger charge is -2.46. The normalized spacial score (nSPS) is 16.8. The summed E-state index contributed by atoms with van der Waals surface area (Å²) in [7, 11) is 0. The summed E-state index contributed by atoms with van der Waals surface area (Å²) < 4.78 is 42.1. The van der Waals surface area contributed by atoms with Crippen LogP contribution in [0.2, 0.25) is 0 Å². The van der Waals surface area contributed by atoms with Gasteiger partial charge in [-0.05, 0) is 78.6 Å². The molecule has 2 aliphatic rings. The van der Waals surface area contributed by atoms with Gasteiger partial charge in [-0.25, -0.2) is 8.78 Å². The number of nitrogens with zero attached hydrogens (tertiary/aromatic N) is 3. The van der Waals surface area contributed by atoms with Crippen molar-refractivity contribution < 1.29 is 27.7 Å². The predicted octanol–water partition coefficient (Wildman–Crippen LogP) is 5.84. The maximum Gasteiger partial charge on any atom is 0.317 e. The molecule has 7 nitrogen and oxygen atoms in total. The van der Waals surface area contributed by atoms with Gasteiger partial charge in [0.15, 0.2) is 0 Å². The maximum absolute atomic E-state index is 14.9. The van der Waals surface area contributed by atoms with Crippen LogP contribution in [-0.4, -0.2) is 52.7 Å². The monoisotopic (exact) mass is 537 g/mol. The number of halogens is 3. The zero-order valence-electron chi connectivity index (χ0n) is 21.0. The van der Waals surface area contributed by atoms with Crippen LogP contribution in [-0.2, 0) is 0 Å². The predicted molar refractivity (Wildman–Crippen MR) is 138 cm³/mol. The zero-order chi connectivity index (χ0) is 27.7. The molecule has 0 unspecified atom stereocenters. The number of rotatable bonds is 4. The van der Waals surface area contributed by atoms with Gasteiger partial charge in [0, 0.05) is 26.2 Å². The minimum Gasteiger partial charge on any atom is -0.339 e. The van der Waals surface area contributed by atoms with Crippen LogP contribution in [0.1, 0.15) is 46.4 Å². The molecule has 0 radical (unpaired) electrons. The molecule has 3 aromatic rings. The summed E-state index contributed by atoms with van der Waals surface area (Å²) >= 11 is 0. The molecule has 2 heterocycles. The fraction of sp³-hybridized carbons (Fsp3) is 0.310. The molecule has 3 aromatic carbocycles. The van der Waals surface area contributed by atoms with Gasteiger partial charge in [0.2, 0.25) is 5.82 Å². The molecular weight excluding hydrogens is 511 g/mol. The van der Waals surface area contributed by atoms with Crippen LogP contribution in [0.4, 0.5) is 18.9 Å². The molecule has 0 saturated carbocycles. The number of benzene rings is 3. The van der Waals surface area contributed by atoms with Gasteiger partial charge in [-0.2, -0.15) is 4.39 Å². The van der Waals surface area contributed by atoms with E-state index in [0.29, 0.717) is 63.0 Å². The molecule has 202 valence electrons. The smallest absolute Gasteiger partial charge is 0.317 e. The van der Waals surface area contributed by atoms with E-state index in [1.165, 1.54) is 41.3 Å². The number of amides is 2. The Balaban J connectivity index is 1.20. The Hall–Kier alpha value is -4.21. The van der Waals surface area contributed by atoms with Crippen molar-refractivity contribution in [2.45, 2.75) is 25.7 Å². The number of nitro benzene ring substituents is 1. The van der Waals surface area contributed by atoms with Crippen LogP contribution >= 0.6 is 0 Å². The molecule has 0 N–H and O–H groups in total. The van der Waals surface area contributed by atoms with Crippen molar-refractivity contribution in [3.05, 3.63) is 99.4 Å². The average molecular weight is 538 g/mol. The first-order valence-corrected chi connectivity index (χ1v) is 12.7. The highest BCUT2D eigenvalue weighted by Gasteiger charge is 2.41. The van der Waals surface area contributed by atoms with E-state index >= 15 is 0 Å². The summed E-state index contributed by atoms with van der Waals surface area (Å²) in [5, 5.41) is 11.3. The summed E-state index contributed by atoms with van der Waals surface area (Å²) in [5.74, 6) is -3.03. The van der Waals surface area contributed by atoms with E-state index in [2.05, 4.69) is 0 Å². The number of carbonyl (C=O) groups excluding carboxylic acids is 2. The lowest BCUT2D eigenvalue weighted by molar-refractivity contribution is -0.387. The third kappa shape index (κ3) is 5.23. The van der Waals surface area contributed by atoms with E-state index in [1.54, 1.807) is 23.1 Å². The molecule has 0 atom stereocenters. The molecule has 0 bridgehead atoms. The Kier molecular flexibility index (Phi) is 7.12. The summed E-state index contributed by atoms with van der Waals surface area (Å²) in [4.78, 5) is 39.6. The van der Waals surface area contributed by atoms with Crippen LogP contribution < -0.4 is 0 Å². The highest BCUT2D eigenvalue weighted by Crippen LogP contribution is 2.42. The lowest BCUT2D eigenvalue weighted by Crippen LogP contribution is -2.49. The molecule has 2 saturated heterocycles. The molecule has 2 aliphatic heterocycles. The van der Waals surface area contributed by atoms with Crippen LogP contribution in [0.15, 0.2) is 60.7 Å². The first kappa shape index (κ1) is 26.4. The Morgan fingerprint density at radius 2 is 1.26 bits per heavy atom. The molecule has 2 fully saturated rings. The minimum atomic E-state index is -1.04. The SMILES string of the molecule is O=C(c1ccc(-c2ccc(F)cc2)cc1F)N1CCC2(CC1)CCN(C(=O)c1cccc(F)c1[N+](=O)[O-])CC2. The van der Waals surface area contributed by atoms with Gasteiger partial charge < -0.3 is 9.80 Å². The van der Waals surface area contributed by atoms with Gasteiger partial charge in [-0.15, -0.1) is 0 Å². The van der Waals surface area contributed by atoms with Gasteiger partial charge in [-0.1, -0.05) is 24.3 Å². The van der Waals surface area contributed by atoms with Gasteiger partial charge in [0.25, 0.3) is 11.8 Å².